The lowest BCUT2D eigenvalue weighted by molar-refractivity contribution is -0.139. The van der Waals surface area contributed by atoms with Gasteiger partial charge < -0.3 is 46.6 Å². The number of hydrogen-bond donors (Lipinski definition) is 6. The molecule has 3 saturated heterocycles. The van der Waals surface area contributed by atoms with Gasteiger partial charge in [0.05, 0.1) is 32.8 Å². The molecule has 29 nitrogen and oxygen atoms in total. The molecule has 724 valence electrons. The summed E-state index contributed by atoms with van der Waals surface area (Å²) < 4.78 is 130. The fraction of sp³-hybridized carbons (Fsp3) is 0.542. The van der Waals surface area contributed by atoms with Crippen LogP contribution in [0.3, 0.4) is 0 Å². The lowest BCUT2D eigenvalue weighted by atomic mass is 10.1. The number of rotatable bonds is 45. The van der Waals surface area contributed by atoms with Crippen LogP contribution >= 0.6 is 0 Å². The molecule has 0 spiro atoms. The Balaban J connectivity index is 0.000000467. The van der Waals surface area contributed by atoms with E-state index in [1.165, 1.54) is 62.2 Å². The van der Waals surface area contributed by atoms with Crippen LogP contribution in [0.15, 0.2) is 178 Å². The lowest BCUT2D eigenvalue weighted by Gasteiger charge is -2.33. The van der Waals surface area contributed by atoms with Crippen LogP contribution in [0.25, 0.3) is 0 Å². The van der Waals surface area contributed by atoms with Crippen molar-refractivity contribution in [3.63, 3.8) is 0 Å². The summed E-state index contributed by atoms with van der Waals surface area (Å²) in [5.74, 6) is -5.73. The summed E-state index contributed by atoms with van der Waals surface area (Å²) in [6.07, 6.45) is 8.85. The number of nitrogens with zero attached hydrogens (tertiary/aromatic N) is 9. The van der Waals surface area contributed by atoms with Gasteiger partial charge in [0, 0.05) is 90.1 Å². The molecule has 3 heterocycles. The maximum Gasteiger partial charge on any atom is 0.309 e. The topological polar surface area (TPSA) is 340 Å². The van der Waals surface area contributed by atoms with E-state index in [1.807, 2.05) is 112 Å². The van der Waals surface area contributed by atoms with Crippen LogP contribution in [-0.2, 0) is 87.7 Å². The smallest absolute Gasteiger partial charge is 0.309 e. The van der Waals surface area contributed by atoms with Gasteiger partial charge in [-0.15, -0.1) is 0 Å². The molecular formula is C96H142F3N15O14S3. The largest absolute Gasteiger partial charge is 0.348 e. The summed E-state index contributed by atoms with van der Waals surface area (Å²) in [6.45, 7) is 15.7. The Labute approximate surface area is 776 Å². The quantitative estimate of drug-likeness (QED) is 0.0153. The number of carbonyl (C=O) groups is 8. The van der Waals surface area contributed by atoms with Gasteiger partial charge in [0.2, 0.25) is 65.5 Å². The number of likely N-dealkylation sites (tertiary alicyclic amines) is 3. The third-order valence-electron chi connectivity index (χ3n) is 23.4. The molecule has 131 heavy (non-hydrogen) atoms. The Morgan fingerprint density at radius 2 is 0.611 bits per heavy atom. The van der Waals surface area contributed by atoms with Gasteiger partial charge in [-0.25, -0.2) is 38.4 Å². The number of hydrogen-bond acceptors (Lipinski definition) is 18. The van der Waals surface area contributed by atoms with Crippen molar-refractivity contribution in [3.05, 3.63) is 198 Å². The SMILES string of the molecule is CCC.CCC.CNCCC[C@H](NC(=O)[C@H](C)N(C)C)C(=O)N1CCC[C@H]1CN(CCc1ccccc1)S(=O)(=O)c1ccc(F)cc1.C[C@@H](C(=O)N[C@@H](CCCNC(=O)C(=O)NCCC[C@H](NC(=O)[C@H](C)N(C)C)C(=O)N1CCC[C@H]1CN(CCc1ccccc1)S(=O)(=O)c1ccc(F)cc1)C(=O)N1CCC[C@H]1CN(CCc1ccccc1)S(=O)(=O)c1ccc(F)cc1)N(C)C. The predicted octanol–water partition coefficient (Wildman–Crippen LogP) is 9.09. The number of benzene rings is 6. The molecule has 3 fully saturated rings. The lowest BCUT2D eigenvalue weighted by Crippen LogP contribution is -2.55. The fourth-order valence-electron chi connectivity index (χ4n) is 15.2. The number of sulfonamides is 3. The second kappa shape index (κ2) is 55.8. The first-order valence-electron chi connectivity index (χ1n) is 45.8. The zero-order chi connectivity index (χ0) is 96.5. The van der Waals surface area contributed by atoms with Gasteiger partial charge in [0.25, 0.3) is 0 Å². The van der Waals surface area contributed by atoms with Crippen molar-refractivity contribution in [2.75, 3.05) is 128 Å². The van der Waals surface area contributed by atoms with E-state index >= 15 is 0 Å². The Bertz CT molecular complexity index is 4660. The Hall–Kier alpha value is -9.56. The summed E-state index contributed by atoms with van der Waals surface area (Å²) in [5.41, 5.74) is 2.80. The van der Waals surface area contributed by atoms with E-state index in [2.05, 4.69) is 59.6 Å². The molecule has 0 bridgehead atoms. The van der Waals surface area contributed by atoms with Crippen LogP contribution in [0.4, 0.5) is 13.2 Å². The molecule has 6 aromatic carbocycles. The maximum atomic E-state index is 14.5. The van der Waals surface area contributed by atoms with Gasteiger partial charge in [-0.2, -0.15) is 12.9 Å². The van der Waals surface area contributed by atoms with Gasteiger partial charge in [0.1, 0.15) is 35.6 Å². The minimum atomic E-state index is -4.15. The molecule has 0 radical (unpaired) electrons. The second-order valence-electron chi connectivity index (χ2n) is 34.2. The van der Waals surface area contributed by atoms with Gasteiger partial charge in [-0.05, 0) is 262 Å². The number of nitrogens with one attached hydrogen (secondary N) is 6. The third-order valence-corrected chi connectivity index (χ3v) is 29.0. The summed E-state index contributed by atoms with van der Waals surface area (Å²) in [7, 11) is 0.0849. The van der Waals surface area contributed by atoms with Crippen molar-refractivity contribution in [2.24, 2.45) is 0 Å². The Morgan fingerprint density at radius 3 is 0.840 bits per heavy atom. The maximum absolute atomic E-state index is 14.5. The molecule has 35 heteroatoms. The van der Waals surface area contributed by atoms with Crippen molar-refractivity contribution >= 4 is 77.3 Å². The number of likely N-dealkylation sites (N-methyl/N-ethyl adjacent to an activating group) is 3. The first-order chi connectivity index (χ1) is 62.3. The zero-order valence-corrected chi connectivity index (χ0v) is 81.3. The van der Waals surface area contributed by atoms with Crippen molar-refractivity contribution in [3.8, 4) is 0 Å². The average molecular weight is 1880 g/mol. The van der Waals surface area contributed by atoms with Crippen LogP contribution < -0.4 is 31.9 Å². The highest BCUT2D eigenvalue weighted by Gasteiger charge is 2.42. The van der Waals surface area contributed by atoms with Gasteiger partial charge >= 0.3 is 11.8 Å². The van der Waals surface area contributed by atoms with E-state index in [9.17, 15) is 76.8 Å². The minimum absolute atomic E-state index is 0.0118. The van der Waals surface area contributed by atoms with Crippen LogP contribution in [0.2, 0.25) is 0 Å². The summed E-state index contributed by atoms with van der Waals surface area (Å²) in [4.78, 5) is 119. The molecule has 0 unspecified atom stereocenters. The molecule has 3 aliphatic rings. The van der Waals surface area contributed by atoms with Gasteiger partial charge in [-0.3, -0.25) is 53.1 Å². The summed E-state index contributed by atoms with van der Waals surface area (Å²) in [5, 5.41) is 16.9. The molecule has 6 aromatic rings. The predicted molar refractivity (Wildman–Crippen MR) is 505 cm³/mol. The standard InChI is InChI=1S/C60H82F2N10O10S2.C30H44FN5O4S.2C3H8/c1-43(67(3)4)55(73)65-53(59(77)71-37-15-21-49(71)41-69(39-33-45-17-9-7-10-18-45)83(79,80)51-29-25-47(61)26-30-51)23-13-35-63-57(75)58(76)64-36-14-24-54(66-56(74)44(2)68(5)6)60(78)72-38-16-22-50(72)42-70(40-34-46-19-11-8-12-20-46)84(81,82)52-31-27-48(62)28-32-52;1-23(34(3)4)29(37)33-28(13-8-19-32-2)30(38)36-20-9-12-26(36)22-35(21-18-24-10-6-5-7-11-24)41(39,40)27-16-14-25(31)15-17-27;2*1-3-2/h7-12,17-20,25-32,43-44,49-50,53-54H,13-16,21-24,33-42H2,1-6H3,(H,63,75)(H,64,76)(H,65,73)(H,66,74);5-7,10-11,14-17,23,26,28,32H,8-9,12-13,18-22H2,1-4H3,(H,33,37);2*3H2,1-2H3/t43-,44-,49-,50-,53-,54-;23-,26-,28-;;/m00../s1. The Morgan fingerprint density at radius 1 is 0.374 bits per heavy atom. The molecule has 8 amide bonds. The van der Waals surface area contributed by atoms with Crippen molar-refractivity contribution < 1.29 is 76.8 Å². The summed E-state index contributed by atoms with van der Waals surface area (Å²) in [6, 6.07) is 36.4. The fourth-order valence-corrected chi connectivity index (χ4v) is 19.6. The normalized spacial score (nSPS) is 16.6. The molecule has 0 aromatic heterocycles. The third kappa shape index (κ3) is 34.8. The highest BCUT2D eigenvalue weighted by molar-refractivity contribution is 7.89. The molecular weight excluding hydrogens is 1740 g/mol. The van der Waals surface area contributed by atoms with E-state index in [4.69, 9.17) is 0 Å². The van der Waals surface area contributed by atoms with E-state index < -0.39 is 131 Å². The van der Waals surface area contributed by atoms with E-state index in [1.54, 1.807) is 78.4 Å². The molecule has 3 aliphatic heterocycles. The highest BCUT2D eigenvalue weighted by Crippen LogP contribution is 2.30. The van der Waals surface area contributed by atoms with Crippen LogP contribution in [0.1, 0.15) is 155 Å². The molecule has 6 N–H and O–H groups in total. The number of carbonyl (C=O) groups excluding carboxylic acids is 8. The van der Waals surface area contributed by atoms with Crippen LogP contribution in [-0.4, -0.2) is 297 Å². The molecule has 9 rings (SSSR count). The second-order valence-corrected chi connectivity index (χ2v) is 40.0. The molecule has 9 atom stereocenters. The Kier molecular flexibility index (Phi) is 47.0. The van der Waals surface area contributed by atoms with E-state index in [0.29, 0.717) is 90.4 Å². The van der Waals surface area contributed by atoms with Crippen LogP contribution in [0, 0.1) is 17.5 Å². The van der Waals surface area contributed by atoms with Crippen molar-refractivity contribution in [1.82, 2.24) is 74.2 Å². The number of amides is 8. The first kappa shape index (κ1) is 110. The summed E-state index contributed by atoms with van der Waals surface area (Å²) >= 11 is 0. The molecule has 0 saturated carbocycles. The monoisotopic (exact) mass is 1880 g/mol. The highest BCUT2D eigenvalue weighted by atomic mass is 32.2. The minimum Gasteiger partial charge on any atom is -0.348 e. The number of halogens is 3. The van der Waals surface area contributed by atoms with Crippen molar-refractivity contribution in [2.45, 2.75) is 227 Å². The van der Waals surface area contributed by atoms with Crippen molar-refractivity contribution in [1.29, 1.82) is 0 Å². The first-order valence-corrected chi connectivity index (χ1v) is 50.1. The molecule has 0 aliphatic carbocycles. The average Bonchev–Trinajstić information content (AvgIpc) is 1.71. The van der Waals surface area contributed by atoms with E-state index in [0.717, 1.165) is 59.5 Å². The van der Waals surface area contributed by atoms with E-state index in [-0.39, 0.29) is 111 Å². The van der Waals surface area contributed by atoms with Gasteiger partial charge in [0.15, 0.2) is 0 Å². The van der Waals surface area contributed by atoms with Gasteiger partial charge in [-0.1, -0.05) is 132 Å². The van der Waals surface area contributed by atoms with Crippen LogP contribution in [0.5, 0.6) is 0 Å². The zero-order valence-electron chi connectivity index (χ0n) is 78.9.